The molecule has 0 N–H and O–H groups in total. The average Bonchev–Trinajstić information content (AvgIpc) is 2.95. The lowest BCUT2D eigenvalue weighted by molar-refractivity contribution is -0.133. The Bertz CT molecular complexity index is 604. The fraction of sp³-hybridized carbons (Fsp3) is 0.500. The Morgan fingerprint density at radius 1 is 1.40 bits per heavy atom. The van der Waals surface area contributed by atoms with Gasteiger partial charge in [-0.3, -0.25) is 4.79 Å². The van der Waals surface area contributed by atoms with Crippen molar-refractivity contribution in [3.8, 4) is 0 Å². The summed E-state index contributed by atoms with van der Waals surface area (Å²) < 4.78 is 10.1. The highest BCUT2D eigenvalue weighted by Crippen LogP contribution is 2.15. The second-order valence-electron chi connectivity index (χ2n) is 5.14. The van der Waals surface area contributed by atoms with Crippen LogP contribution in [0.5, 0.6) is 0 Å². The molecule has 3 rings (SSSR count). The van der Waals surface area contributed by atoms with Crippen molar-refractivity contribution >= 4 is 16.9 Å². The molecule has 1 saturated heterocycles. The number of carbonyl (C=O) groups is 1. The van der Waals surface area contributed by atoms with Crippen molar-refractivity contribution in [2.45, 2.75) is 25.3 Å². The van der Waals surface area contributed by atoms with E-state index in [1.165, 1.54) is 0 Å². The van der Waals surface area contributed by atoms with Crippen molar-refractivity contribution in [3.05, 3.63) is 23.8 Å². The molecule has 1 unspecified atom stereocenters. The van der Waals surface area contributed by atoms with Crippen molar-refractivity contribution in [2.75, 3.05) is 20.3 Å². The Morgan fingerprint density at radius 2 is 2.25 bits per heavy atom. The van der Waals surface area contributed by atoms with E-state index in [1.54, 1.807) is 4.90 Å². The number of rotatable bonds is 3. The largest absolute Gasteiger partial charge is 0.379 e. The highest BCUT2D eigenvalue weighted by molar-refractivity contribution is 5.81. The van der Waals surface area contributed by atoms with Gasteiger partial charge in [0, 0.05) is 13.7 Å². The van der Waals surface area contributed by atoms with E-state index < -0.39 is 0 Å². The lowest BCUT2D eigenvalue weighted by Gasteiger charge is -2.31. The molecule has 1 amide bonds. The number of carbonyl (C=O) groups excluding carboxylic acids is 1. The molecule has 1 aliphatic rings. The Kier molecular flexibility index (Phi) is 3.64. The molecule has 20 heavy (non-hydrogen) atoms. The summed E-state index contributed by atoms with van der Waals surface area (Å²) in [7, 11) is 1.85. The number of hydrogen-bond acceptors (Lipinski definition) is 5. The molecular weight excluding hydrogens is 258 g/mol. The van der Waals surface area contributed by atoms with Crippen LogP contribution in [-0.4, -0.2) is 47.4 Å². The van der Waals surface area contributed by atoms with E-state index in [2.05, 4.69) is 14.9 Å². The molecule has 0 spiro atoms. The third kappa shape index (κ3) is 2.65. The van der Waals surface area contributed by atoms with Crippen molar-refractivity contribution in [2.24, 2.45) is 0 Å². The van der Waals surface area contributed by atoms with E-state index in [-0.39, 0.29) is 11.9 Å². The van der Waals surface area contributed by atoms with Crippen LogP contribution in [0.3, 0.4) is 0 Å². The zero-order valence-corrected chi connectivity index (χ0v) is 11.4. The molecule has 2 heterocycles. The minimum absolute atomic E-state index is 0.0938. The Hall–Kier alpha value is -1.95. The Morgan fingerprint density at radius 3 is 3.05 bits per heavy atom. The summed E-state index contributed by atoms with van der Waals surface area (Å²) in [4.78, 5) is 14.1. The van der Waals surface area contributed by atoms with Gasteiger partial charge in [0.1, 0.15) is 11.0 Å². The van der Waals surface area contributed by atoms with Gasteiger partial charge in [-0.15, -0.1) is 0 Å². The minimum Gasteiger partial charge on any atom is -0.379 e. The van der Waals surface area contributed by atoms with Gasteiger partial charge in [-0.05, 0) is 40.9 Å². The highest BCUT2D eigenvalue weighted by Gasteiger charge is 2.22. The average molecular weight is 275 g/mol. The highest BCUT2D eigenvalue weighted by atomic mass is 16.6. The number of benzene rings is 1. The maximum atomic E-state index is 12.3. The van der Waals surface area contributed by atoms with Crippen LogP contribution in [0.1, 0.15) is 18.4 Å². The monoisotopic (exact) mass is 275 g/mol. The minimum atomic E-state index is 0.0938. The standard InChI is InChI=1S/C14H17N3O3/c1-17(11-3-2-6-19-9-11)14(18)8-10-4-5-12-13(7-10)16-20-15-12/h4-5,7,11H,2-3,6,8-9H2,1H3. The van der Waals surface area contributed by atoms with Gasteiger partial charge in [-0.1, -0.05) is 6.07 Å². The van der Waals surface area contributed by atoms with Gasteiger partial charge in [0.2, 0.25) is 5.91 Å². The van der Waals surface area contributed by atoms with Crippen LogP contribution in [-0.2, 0) is 16.0 Å². The molecule has 0 aliphatic carbocycles. The van der Waals surface area contributed by atoms with Crippen LogP contribution in [0.2, 0.25) is 0 Å². The number of nitrogens with zero attached hydrogens (tertiary/aromatic N) is 3. The van der Waals surface area contributed by atoms with Crippen LogP contribution in [0.15, 0.2) is 22.8 Å². The lowest BCUT2D eigenvalue weighted by Crippen LogP contribution is -2.42. The molecule has 6 heteroatoms. The Balaban J connectivity index is 1.67. The number of hydrogen-bond donors (Lipinski definition) is 0. The number of amides is 1. The summed E-state index contributed by atoms with van der Waals surface area (Å²) in [6.45, 7) is 1.43. The number of fused-ring (bicyclic) bond motifs is 1. The third-order valence-corrected chi connectivity index (χ3v) is 3.75. The SMILES string of the molecule is CN(C(=O)Cc1ccc2nonc2c1)C1CCCOC1. The molecule has 1 aromatic heterocycles. The normalized spacial score (nSPS) is 19.1. The lowest BCUT2D eigenvalue weighted by atomic mass is 10.1. The van der Waals surface area contributed by atoms with Crippen LogP contribution in [0, 0.1) is 0 Å². The summed E-state index contributed by atoms with van der Waals surface area (Å²) >= 11 is 0. The molecule has 0 saturated carbocycles. The van der Waals surface area contributed by atoms with E-state index in [1.807, 2.05) is 25.2 Å². The molecule has 2 aromatic rings. The van der Waals surface area contributed by atoms with E-state index >= 15 is 0 Å². The smallest absolute Gasteiger partial charge is 0.227 e. The molecule has 1 fully saturated rings. The summed E-state index contributed by atoms with van der Waals surface area (Å²) in [5, 5.41) is 7.54. The number of ether oxygens (including phenoxy) is 1. The third-order valence-electron chi connectivity index (χ3n) is 3.75. The summed E-state index contributed by atoms with van der Waals surface area (Å²) in [5.74, 6) is 0.0938. The van der Waals surface area contributed by atoms with Gasteiger partial charge in [0.05, 0.1) is 19.1 Å². The molecule has 1 atom stereocenters. The molecule has 0 bridgehead atoms. The van der Waals surface area contributed by atoms with Crippen LogP contribution in [0.4, 0.5) is 0 Å². The van der Waals surface area contributed by atoms with Crippen molar-refractivity contribution in [1.29, 1.82) is 0 Å². The molecular formula is C14H17N3O3. The maximum absolute atomic E-state index is 12.3. The summed E-state index contributed by atoms with van der Waals surface area (Å²) in [6, 6.07) is 5.73. The quantitative estimate of drug-likeness (QED) is 0.847. The van der Waals surface area contributed by atoms with Gasteiger partial charge < -0.3 is 9.64 Å². The summed E-state index contributed by atoms with van der Waals surface area (Å²) in [6.07, 6.45) is 2.38. The first kappa shape index (κ1) is 13.1. The zero-order valence-electron chi connectivity index (χ0n) is 11.4. The first-order valence-electron chi connectivity index (χ1n) is 6.78. The van der Waals surface area contributed by atoms with Gasteiger partial charge in [0.15, 0.2) is 0 Å². The van der Waals surface area contributed by atoms with Gasteiger partial charge in [-0.2, -0.15) is 0 Å². The zero-order chi connectivity index (χ0) is 13.9. The van der Waals surface area contributed by atoms with E-state index in [9.17, 15) is 4.79 Å². The topological polar surface area (TPSA) is 68.5 Å². The predicted molar refractivity (Wildman–Crippen MR) is 72.1 cm³/mol. The van der Waals surface area contributed by atoms with Crippen LogP contribution >= 0.6 is 0 Å². The first-order chi connectivity index (χ1) is 9.74. The van der Waals surface area contributed by atoms with Crippen molar-refractivity contribution in [3.63, 3.8) is 0 Å². The van der Waals surface area contributed by atoms with Gasteiger partial charge >= 0.3 is 0 Å². The molecule has 6 nitrogen and oxygen atoms in total. The molecule has 0 radical (unpaired) electrons. The summed E-state index contributed by atoms with van der Waals surface area (Å²) in [5.41, 5.74) is 2.30. The molecule has 1 aromatic carbocycles. The van der Waals surface area contributed by atoms with E-state index in [0.717, 1.165) is 25.0 Å². The van der Waals surface area contributed by atoms with Crippen molar-refractivity contribution in [1.82, 2.24) is 15.2 Å². The van der Waals surface area contributed by atoms with Crippen molar-refractivity contribution < 1.29 is 14.2 Å². The number of aromatic nitrogens is 2. The van der Waals surface area contributed by atoms with E-state index in [4.69, 9.17) is 4.74 Å². The van der Waals surface area contributed by atoms with E-state index in [0.29, 0.717) is 24.1 Å². The second kappa shape index (κ2) is 5.58. The fourth-order valence-corrected chi connectivity index (χ4v) is 2.47. The number of likely N-dealkylation sites (N-methyl/N-ethyl adjacent to an activating group) is 1. The Labute approximate surface area is 116 Å². The van der Waals surface area contributed by atoms with Crippen LogP contribution in [0.25, 0.3) is 11.0 Å². The van der Waals surface area contributed by atoms with Gasteiger partial charge in [-0.25, -0.2) is 4.63 Å². The van der Waals surface area contributed by atoms with Gasteiger partial charge in [0.25, 0.3) is 0 Å². The predicted octanol–water partition coefficient (Wildman–Crippen LogP) is 1.40. The first-order valence-corrected chi connectivity index (χ1v) is 6.78. The molecule has 1 aliphatic heterocycles. The second-order valence-corrected chi connectivity index (χ2v) is 5.14. The maximum Gasteiger partial charge on any atom is 0.227 e. The molecule has 106 valence electrons. The fourth-order valence-electron chi connectivity index (χ4n) is 2.47. The van der Waals surface area contributed by atoms with Crippen LogP contribution < -0.4 is 0 Å².